The number of methoxy groups -OCH3 is 1. The summed E-state index contributed by atoms with van der Waals surface area (Å²) in [6.07, 6.45) is 8.66. The van der Waals surface area contributed by atoms with Crippen LogP contribution in [0.3, 0.4) is 0 Å². The van der Waals surface area contributed by atoms with Crippen LogP contribution in [0.1, 0.15) is 51.9 Å². The summed E-state index contributed by atoms with van der Waals surface area (Å²) in [5, 5.41) is 2.77. The lowest BCUT2D eigenvalue weighted by molar-refractivity contribution is -0.145. The number of ether oxygens (including phenoxy) is 1. The Kier molecular flexibility index (Phi) is 11.9. The first-order valence-corrected chi connectivity index (χ1v) is 8.41. The van der Waals surface area contributed by atoms with E-state index in [1.54, 1.807) is 11.8 Å². The molecule has 1 amide bonds. The molecule has 0 fully saturated rings. The van der Waals surface area contributed by atoms with Crippen LogP contribution in [0.2, 0.25) is 0 Å². The van der Waals surface area contributed by atoms with Crippen LogP contribution in [-0.4, -0.2) is 37.0 Å². The number of nitrogens with one attached hydrogen (secondary N) is 1. The topological polar surface area (TPSA) is 55.4 Å². The maximum atomic E-state index is 11.7. The SMILES string of the molecule is CCCCCCCC(=O)N[C@@H](CCSC)C(=O)OC. The molecule has 0 heterocycles. The van der Waals surface area contributed by atoms with E-state index >= 15 is 0 Å². The fourth-order valence-corrected chi connectivity index (χ4v) is 2.25. The summed E-state index contributed by atoms with van der Waals surface area (Å²) < 4.78 is 4.70. The molecule has 0 bridgehead atoms. The maximum Gasteiger partial charge on any atom is 0.328 e. The lowest BCUT2D eigenvalue weighted by atomic mass is 10.1. The largest absolute Gasteiger partial charge is 0.467 e. The number of carbonyl (C=O) groups excluding carboxylic acids is 2. The molecule has 112 valence electrons. The quantitative estimate of drug-likeness (QED) is 0.469. The molecule has 0 aromatic rings. The van der Waals surface area contributed by atoms with Crippen LogP contribution in [0.15, 0.2) is 0 Å². The van der Waals surface area contributed by atoms with Crippen molar-refractivity contribution in [3.8, 4) is 0 Å². The third-order valence-electron chi connectivity index (χ3n) is 2.94. The molecule has 0 aromatic heterocycles. The predicted octanol–water partition coefficient (Wildman–Crippen LogP) is 2.76. The molecule has 5 heteroatoms. The first-order chi connectivity index (χ1) is 9.15. The molecular formula is C14H27NO3S. The molecule has 0 saturated heterocycles. The molecule has 0 aliphatic rings. The summed E-state index contributed by atoms with van der Waals surface area (Å²) >= 11 is 1.65. The van der Waals surface area contributed by atoms with Gasteiger partial charge in [-0.3, -0.25) is 4.79 Å². The number of rotatable bonds is 11. The Bertz CT molecular complexity index is 259. The third kappa shape index (κ3) is 9.82. The Labute approximate surface area is 121 Å². The molecule has 0 aliphatic carbocycles. The Balaban J connectivity index is 3.91. The van der Waals surface area contributed by atoms with Gasteiger partial charge >= 0.3 is 5.97 Å². The van der Waals surface area contributed by atoms with Crippen molar-refractivity contribution in [2.24, 2.45) is 0 Å². The molecular weight excluding hydrogens is 262 g/mol. The fraction of sp³-hybridized carbons (Fsp3) is 0.857. The van der Waals surface area contributed by atoms with Crippen LogP contribution >= 0.6 is 11.8 Å². The van der Waals surface area contributed by atoms with Crippen LogP contribution in [0.4, 0.5) is 0 Å². The highest BCUT2D eigenvalue weighted by Crippen LogP contribution is 2.06. The minimum Gasteiger partial charge on any atom is -0.467 e. The van der Waals surface area contributed by atoms with Gasteiger partial charge < -0.3 is 10.1 Å². The van der Waals surface area contributed by atoms with Gasteiger partial charge in [-0.25, -0.2) is 4.79 Å². The lowest BCUT2D eigenvalue weighted by Gasteiger charge is -2.15. The third-order valence-corrected chi connectivity index (χ3v) is 3.58. The number of carbonyl (C=O) groups is 2. The summed E-state index contributed by atoms with van der Waals surface area (Å²) in [4.78, 5) is 23.3. The van der Waals surface area contributed by atoms with E-state index < -0.39 is 6.04 Å². The zero-order valence-electron chi connectivity index (χ0n) is 12.4. The van der Waals surface area contributed by atoms with Crippen molar-refractivity contribution < 1.29 is 14.3 Å². The van der Waals surface area contributed by atoms with Gasteiger partial charge in [0.1, 0.15) is 6.04 Å². The highest BCUT2D eigenvalue weighted by Gasteiger charge is 2.20. The number of unbranched alkanes of at least 4 members (excludes halogenated alkanes) is 4. The van der Waals surface area contributed by atoms with E-state index in [4.69, 9.17) is 4.74 Å². The van der Waals surface area contributed by atoms with Gasteiger partial charge in [0.15, 0.2) is 0 Å². The number of hydrogen-bond acceptors (Lipinski definition) is 4. The van der Waals surface area contributed by atoms with Gasteiger partial charge in [0.25, 0.3) is 0 Å². The van der Waals surface area contributed by atoms with E-state index in [0.717, 1.165) is 18.6 Å². The van der Waals surface area contributed by atoms with Crippen molar-refractivity contribution in [3.63, 3.8) is 0 Å². The Morgan fingerprint density at radius 2 is 1.89 bits per heavy atom. The summed E-state index contributed by atoms with van der Waals surface area (Å²) in [5.74, 6) is 0.428. The Morgan fingerprint density at radius 1 is 1.21 bits per heavy atom. The van der Waals surface area contributed by atoms with E-state index in [1.807, 2.05) is 6.26 Å². The monoisotopic (exact) mass is 289 g/mol. The minimum absolute atomic E-state index is 0.0481. The second kappa shape index (κ2) is 12.3. The Hall–Kier alpha value is -0.710. The second-order valence-corrected chi connectivity index (χ2v) is 5.57. The molecule has 0 radical (unpaired) electrons. The molecule has 4 nitrogen and oxygen atoms in total. The Morgan fingerprint density at radius 3 is 2.47 bits per heavy atom. The van der Waals surface area contributed by atoms with Gasteiger partial charge in [0.05, 0.1) is 7.11 Å². The van der Waals surface area contributed by atoms with Gasteiger partial charge in [0, 0.05) is 6.42 Å². The number of hydrogen-bond donors (Lipinski definition) is 1. The molecule has 0 spiro atoms. The van der Waals surface area contributed by atoms with Crippen molar-refractivity contribution >= 4 is 23.6 Å². The molecule has 0 aromatic carbocycles. The molecule has 1 N–H and O–H groups in total. The molecule has 19 heavy (non-hydrogen) atoms. The van der Waals surface area contributed by atoms with Crippen LogP contribution in [-0.2, 0) is 14.3 Å². The summed E-state index contributed by atoms with van der Waals surface area (Å²) in [6.45, 7) is 2.17. The zero-order chi connectivity index (χ0) is 14.5. The smallest absolute Gasteiger partial charge is 0.328 e. The van der Waals surface area contributed by atoms with Gasteiger partial charge in [-0.05, 0) is 24.9 Å². The van der Waals surface area contributed by atoms with Crippen molar-refractivity contribution in [1.29, 1.82) is 0 Å². The van der Waals surface area contributed by atoms with Crippen LogP contribution in [0.5, 0.6) is 0 Å². The zero-order valence-corrected chi connectivity index (χ0v) is 13.2. The van der Waals surface area contributed by atoms with Gasteiger partial charge in [0.2, 0.25) is 5.91 Å². The van der Waals surface area contributed by atoms with Crippen molar-refractivity contribution in [2.75, 3.05) is 19.1 Å². The van der Waals surface area contributed by atoms with Gasteiger partial charge in [-0.1, -0.05) is 32.6 Å². The van der Waals surface area contributed by atoms with E-state index in [9.17, 15) is 9.59 Å². The van der Waals surface area contributed by atoms with Crippen molar-refractivity contribution in [3.05, 3.63) is 0 Å². The van der Waals surface area contributed by atoms with E-state index in [-0.39, 0.29) is 11.9 Å². The highest BCUT2D eigenvalue weighted by molar-refractivity contribution is 7.98. The van der Waals surface area contributed by atoms with Gasteiger partial charge in [-0.15, -0.1) is 0 Å². The average molecular weight is 289 g/mol. The molecule has 0 aliphatic heterocycles. The van der Waals surface area contributed by atoms with Crippen molar-refractivity contribution in [2.45, 2.75) is 57.9 Å². The number of esters is 1. The van der Waals surface area contributed by atoms with Crippen molar-refractivity contribution in [1.82, 2.24) is 5.32 Å². The van der Waals surface area contributed by atoms with E-state index in [1.165, 1.54) is 26.4 Å². The van der Waals surface area contributed by atoms with Crippen LogP contribution in [0, 0.1) is 0 Å². The highest BCUT2D eigenvalue weighted by atomic mass is 32.2. The first kappa shape index (κ1) is 18.3. The summed E-state index contributed by atoms with van der Waals surface area (Å²) in [6, 6.07) is -0.499. The minimum atomic E-state index is -0.499. The average Bonchev–Trinajstić information content (AvgIpc) is 2.42. The summed E-state index contributed by atoms with van der Waals surface area (Å²) in [5.41, 5.74) is 0. The van der Waals surface area contributed by atoms with Crippen LogP contribution < -0.4 is 5.32 Å². The maximum absolute atomic E-state index is 11.7. The molecule has 0 saturated carbocycles. The fourth-order valence-electron chi connectivity index (χ4n) is 1.78. The van der Waals surface area contributed by atoms with E-state index in [2.05, 4.69) is 12.2 Å². The standard InChI is InChI=1S/C14H27NO3S/c1-4-5-6-7-8-9-13(16)15-12(10-11-19-3)14(17)18-2/h12H,4-11H2,1-3H3,(H,15,16)/t12-/m0/s1. The molecule has 0 unspecified atom stereocenters. The molecule has 1 atom stereocenters. The summed E-state index contributed by atoms with van der Waals surface area (Å²) in [7, 11) is 1.35. The predicted molar refractivity (Wildman–Crippen MR) is 80.3 cm³/mol. The lowest BCUT2D eigenvalue weighted by Crippen LogP contribution is -2.41. The first-order valence-electron chi connectivity index (χ1n) is 7.01. The number of amides is 1. The van der Waals surface area contributed by atoms with E-state index in [0.29, 0.717) is 12.8 Å². The molecule has 0 rings (SSSR count). The number of thioether (sulfide) groups is 1. The normalized spacial score (nSPS) is 11.9. The van der Waals surface area contributed by atoms with Crippen LogP contribution in [0.25, 0.3) is 0 Å². The second-order valence-electron chi connectivity index (χ2n) is 4.59. The van der Waals surface area contributed by atoms with Gasteiger partial charge in [-0.2, -0.15) is 11.8 Å².